The number of pyridine rings is 1. The first-order valence-corrected chi connectivity index (χ1v) is 8.22. The summed E-state index contributed by atoms with van der Waals surface area (Å²) >= 11 is 1.69. The van der Waals surface area contributed by atoms with Gasteiger partial charge in [-0.15, -0.1) is 11.3 Å². The van der Waals surface area contributed by atoms with Gasteiger partial charge in [0, 0.05) is 11.1 Å². The van der Waals surface area contributed by atoms with Gasteiger partial charge in [-0.05, 0) is 30.0 Å². The number of nitrogens with one attached hydrogen (secondary N) is 1. The number of thiophene rings is 1. The van der Waals surface area contributed by atoms with E-state index in [0.29, 0.717) is 5.82 Å². The number of fused-ring (bicyclic) bond motifs is 1. The predicted octanol–water partition coefficient (Wildman–Crippen LogP) is 4.14. The average Bonchev–Trinajstić information content (AvgIpc) is 2.94. The molecule has 0 unspecified atom stereocenters. The molecule has 118 valence electrons. The fraction of sp³-hybridized carbons (Fsp3) is 0.294. The van der Waals surface area contributed by atoms with E-state index in [4.69, 9.17) is 0 Å². The van der Waals surface area contributed by atoms with Crippen LogP contribution in [0.2, 0.25) is 0 Å². The summed E-state index contributed by atoms with van der Waals surface area (Å²) in [4.78, 5) is 15.2. The largest absolute Gasteiger partial charge is 0.261 e. The normalized spacial score (nSPS) is 12.2. The molecule has 0 amide bonds. The van der Waals surface area contributed by atoms with Crippen molar-refractivity contribution in [2.45, 2.75) is 33.1 Å². The molecule has 0 fully saturated rings. The molecule has 1 N–H and O–H groups in total. The van der Waals surface area contributed by atoms with Crippen LogP contribution in [0.25, 0.3) is 10.2 Å². The monoisotopic (exact) mass is 325 g/mol. The molecule has 0 aliphatic rings. The van der Waals surface area contributed by atoms with Gasteiger partial charge >= 0.3 is 0 Å². The van der Waals surface area contributed by atoms with E-state index in [1.165, 1.54) is 4.88 Å². The standard InChI is InChI=1S/C17H19N5S/c1-11-5-6-12(18-8-11)9-21-22-15-13-7-14(17(2,3)4)23-16(13)20-10-19-15/h5-10H,1-4H3,(H,19,20,22)/b21-9-. The first kappa shape index (κ1) is 15.6. The fourth-order valence-electron chi connectivity index (χ4n) is 2.03. The zero-order chi connectivity index (χ0) is 16.4. The summed E-state index contributed by atoms with van der Waals surface area (Å²) in [6, 6.07) is 6.08. The van der Waals surface area contributed by atoms with E-state index in [1.807, 2.05) is 25.3 Å². The minimum absolute atomic E-state index is 0.0950. The summed E-state index contributed by atoms with van der Waals surface area (Å²) in [5, 5.41) is 5.24. The highest BCUT2D eigenvalue weighted by Gasteiger charge is 2.18. The topological polar surface area (TPSA) is 63.1 Å². The number of anilines is 1. The van der Waals surface area contributed by atoms with Crippen LogP contribution in [0.3, 0.4) is 0 Å². The minimum atomic E-state index is 0.0950. The summed E-state index contributed by atoms with van der Waals surface area (Å²) in [6.07, 6.45) is 5.07. The summed E-state index contributed by atoms with van der Waals surface area (Å²) < 4.78 is 0. The van der Waals surface area contributed by atoms with E-state index >= 15 is 0 Å². The molecular formula is C17H19N5S. The van der Waals surface area contributed by atoms with Crippen molar-refractivity contribution in [1.82, 2.24) is 15.0 Å². The van der Waals surface area contributed by atoms with E-state index in [0.717, 1.165) is 21.5 Å². The van der Waals surface area contributed by atoms with Gasteiger partial charge in [-0.3, -0.25) is 10.4 Å². The molecule has 3 aromatic rings. The third kappa shape index (κ3) is 3.53. The molecule has 5 nitrogen and oxygen atoms in total. The highest BCUT2D eigenvalue weighted by atomic mass is 32.1. The molecule has 3 rings (SSSR count). The van der Waals surface area contributed by atoms with E-state index in [9.17, 15) is 0 Å². The van der Waals surface area contributed by atoms with Gasteiger partial charge in [0.1, 0.15) is 11.2 Å². The van der Waals surface area contributed by atoms with Gasteiger partial charge in [-0.25, -0.2) is 9.97 Å². The van der Waals surface area contributed by atoms with Gasteiger partial charge in [0.2, 0.25) is 0 Å². The van der Waals surface area contributed by atoms with E-state index in [2.05, 4.69) is 52.3 Å². The Morgan fingerprint density at radius 2 is 2.00 bits per heavy atom. The molecule has 23 heavy (non-hydrogen) atoms. The van der Waals surface area contributed by atoms with Crippen molar-refractivity contribution < 1.29 is 0 Å². The Balaban J connectivity index is 1.85. The van der Waals surface area contributed by atoms with Crippen LogP contribution in [-0.4, -0.2) is 21.2 Å². The van der Waals surface area contributed by atoms with Crippen LogP contribution >= 0.6 is 11.3 Å². The maximum Gasteiger partial charge on any atom is 0.158 e. The molecule has 6 heteroatoms. The summed E-state index contributed by atoms with van der Waals surface area (Å²) in [5.74, 6) is 0.713. The second kappa shape index (κ2) is 6.04. The number of aromatic nitrogens is 3. The first-order valence-electron chi connectivity index (χ1n) is 7.40. The molecule has 0 spiro atoms. The smallest absolute Gasteiger partial charge is 0.158 e. The van der Waals surface area contributed by atoms with Gasteiger partial charge in [0.25, 0.3) is 0 Å². The number of hydrazone groups is 1. The number of hydrogen-bond acceptors (Lipinski definition) is 6. The third-order valence-corrected chi connectivity index (χ3v) is 4.84. The predicted molar refractivity (Wildman–Crippen MR) is 96.3 cm³/mol. The lowest BCUT2D eigenvalue weighted by Crippen LogP contribution is -2.07. The van der Waals surface area contributed by atoms with E-state index < -0.39 is 0 Å². The van der Waals surface area contributed by atoms with Crippen molar-refractivity contribution in [2.75, 3.05) is 5.43 Å². The SMILES string of the molecule is Cc1ccc(/C=N\Nc2ncnc3sc(C(C)(C)C)cc23)nc1. The van der Waals surface area contributed by atoms with Gasteiger partial charge in [-0.1, -0.05) is 26.8 Å². The quantitative estimate of drug-likeness (QED) is 0.581. The number of nitrogens with zero attached hydrogens (tertiary/aromatic N) is 4. The van der Waals surface area contributed by atoms with Crippen molar-refractivity contribution in [3.63, 3.8) is 0 Å². The molecule has 0 saturated heterocycles. The fourth-order valence-corrected chi connectivity index (χ4v) is 3.09. The van der Waals surface area contributed by atoms with Crippen LogP contribution in [0, 0.1) is 6.92 Å². The molecule has 0 aliphatic carbocycles. The number of hydrogen-bond donors (Lipinski definition) is 1. The zero-order valence-corrected chi connectivity index (χ0v) is 14.5. The van der Waals surface area contributed by atoms with Gasteiger partial charge in [-0.2, -0.15) is 5.10 Å². The van der Waals surface area contributed by atoms with Crippen LogP contribution in [-0.2, 0) is 5.41 Å². The number of rotatable bonds is 3. The van der Waals surface area contributed by atoms with Crippen molar-refractivity contribution in [3.8, 4) is 0 Å². The first-order chi connectivity index (χ1) is 10.9. The lowest BCUT2D eigenvalue weighted by atomic mass is 9.94. The van der Waals surface area contributed by atoms with Crippen LogP contribution < -0.4 is 5.43 Å². The molecule has 3 aromatic heterocycles. The van der Waals surface area contributed by atoms with Crippen molar-refractivity contribution >= 4 is 33.6 Å². The van der Waals surface area contributed by atoms with Crippen LogP contribution in [0.15, 0.2) is 35.8 Å². The Hall–Kier alpha value is -2.34. The molecule has 0 saturated carbocycles. The Morgan fingerprint density at radius 3 is 2.70 bits per heavy atom. The maximum atomic E-state index is 4.36. The number of aryl methyl sites for hydroxylation is 1. The lowest BCUT2D eigenvalue weighted by molar-refractivity contribution is 0.604. The zero-order valence-electron chi connectivity index (χ0n) is 13.7. The van der Waals surface area contributed by atoms with E-state index in [-0.39, 0.29) is 5.41 Å². The minimum Gasteiger partial charge on any atom is -0.261 e. The van der Waals surface area contributed by atoms with Crippen molar-refractivity contribution in [1.29, 1.82) is 0 Å². The van der Waals surface area contributed by atoms with Crippen LogP contribution in [0.1, 0.15) is 36.9 Å². The Kier molecular flexibility index (Phi) is 4.09. The lowest BCUT2D eigenvalue weighted by Gasteiger charge is -2.14. The molecule has 0 aromatic carbocycles. The Labute approximate surface area is 139 Å². The van der Waals surface area contributed by atoms with Gasteiger partial charge in [0.05, 0.1) is 17.3 Å². The van der Waals surface area contributed by atoms with Crippen molar-refractivity contribution in [2.24, 2.45) is 5.10 Å². The van der Waals surface area contributed by atoms with Crippen LogP contribution in [0.5, 0.6) is 0 Å². The Morgan fingerprint density at radius 1 is 1.17 bits per heavy atom. The van der Waals surface area contributed by atoms with Crippen LogP contribution in [0.4, 0.5) is 5.82 Å². The summed E-state index contributed by atoms with van der Waals surface area (Å²) in [5.41, 5.74) is 5.02. The summed E-state index contributed by atoms with van der Waals surface area (Å²) in [7, 11) is 0. The second-order valence-electron chi connectivity index (χ2n) is 6.43. The van der Waals surface area contributed by atoms with E-state index in [1.54, 1.807) is 23.9 Å². The van der Waals surface area contributed by atoms with Crippen molar-refractivity contribution in [3.05, 3.63) is 46.9 Å². The third-order valence-electron chi connectivity index (χ3n) is 3.37. The molecule has 3 heterocycles. The highest BCUT2D eigenvalue weighted by Crippen LogP contribution is 2.35. The Bertz CT molecular complexity index is 844. The molecule has 0 radical (unpaired) electrons. The highest BCUT2D eigenvalue weighted by molar-refractivity contribution is 7.18. The average molecular weight is 325 g/mol. The second-order valence-corrected chi connectivity index (χ2v) is 7.46. The molecular weight excluding hydrogens is 306 g/mol. The van der Waals surface area contributed by atoms with Gasteiger partial charge in [0.15, 0.2) is 5.82 Å². The molecule has 0 atom stereocenters. The molecule has 0 aliphatic heterocycles. The van der Waals surface area contributed by atoms with Gasteiger partial charge < -0.3 is 0 Å². The molecule has 0 bridgehead atoms. The maximum absolute atomic E-state index is 4.36. The summed E-state index contributed by atoms with van der Waals surface area (Å²) in [6.45, 7) is 8.59.